The van der Waals surface area contributed by atoms with Crippen molar-refractivity contribution in [1.82, 2.24) is 9.88 Å². The monoisotopic (exact) mass is 284 g/mol. The molecule has 2 aromatic carbocycles. The van der Waals surface area contributed by atoms with E-state index < -0.39 is 0 Å². The number of halogens is 1. The van der Waals surface area contributed by atoms with Gasteiger partial charge in [0.15, 0.2) is 0 Å². The predicted octanol–water partition coefficient (Wildman–Crippen LogP) is 4.06. The van der Waals surface area contributed by atoms with Gasteiger partial charge in [-0.25, -0.2) is 0 Å². The quantitative estimate of drug-likeness (QED) is 0.764. The Morgan fingerprint density at radius 2 is 1.95 bits per heavy atom. The number of fused-ring (bicyclic) bond motifs is 1. The Morgan fingerprint density at radius 1 is 1.10 bits per heavy atom. The topological polar surface area (TPSA) is 17.0 Å². The van der Waals surface area contributed by atoms with Crippen LogP contribution in [-0.4, -0.2) is 11.6 Å². The molecule has 102 valence electrons. The lowest BCUT2D eigenvalue weighted by Gasteiger charge is -2.06. The second-order valence-electron chi connectivity index (χ2n) is 4.96. The Bertz CT molecular complexity index is 731. The second-order valence-corrected chi connectivity index (χ2v) is 5.40. The maximum absolute atomic E-state index is 6.06. The summed E-state index contributed by atoms with van der Waals surface area (Å²) in [6, 6.07) is 16.6. The highest BCUT2D eigenvalue weighted by Crippen LogP contribution is 2.23. The van der Waals surface area contributed by atoms with Gasteiger partial charge < -0.3 is 9.88 Å². The van der Waals surface area contributed by atoms with Gasteiger partial charge in [-0.2, -0.15) is 0 Å². The van der Waals surface area contributed by atoms with Gasteiger partial charge in [0.1, 0.15) is 0 Å². The third-order valence-corrected chi connectivity index (χ3v) is 3.72. The lowest BCUT2D eigenvalue weighted by atomic mass is 10.2. The van der Waals surface area contributed by atoms with Crippen molar-refractivity contribution in [3.63, 3.8) is 0 Å². The fraction of sp³-hybridized carbons (Fsp3) is 0.176. The van der Waals surface area contributed by atoms with Crippen molar-refractivity contribution in [1.29, 1.82) is 0 Å². The van der Waals surface area contributed by atoms with Crippen LogP contribution >= 0.6 is 11.6 Å². The fourth-order valence-electron chi connectivity index (χ4n) is 2.62. The first-order chi connectivity index (χ1) is 9.78. The summed E-state index contributed by atoms with van der Waals surface area (Å²) in [5, 5.41) is 5.32. The maximum Gasteiger partial charge on any atom is 0.0486 e. The first kappa shape index (κ1) is 13.2. The molecule has 3 aromatic rings. The number of hydrogen-bond acceptors (Lipinski definition) is 1. The number of rotatable bonds is 4. The molecule has 0 aliphatic heterocycles. The molecule has 1 aromatic heterocycles. The van der Waals surface area contributed by atoms with Crippen molar-refractivity contribution >= 4 is 22.5 Å². The van der Waals surface area contributed by atoms with E-state index in [1.165, 1.54) is 22.0 Å². The van der Waals surface area contributed by atoms with Crippen LogP contribution in [0.25, 0.3) is 10.9 Å². The Kier molecular flexibility index (Phi) is 3.77. The number of hydrogen-bond donors (Lipinski definition) is 1. The average molecular weight is 285 g/mol. The summed E-state index contributed by atoms with van der Waals surface area (Å²) in [6.45, 7) is 1.72. The molecule has 2 nitrogen and oxygen atoms in total. The van der Waals surface area contributed by atoms with Gasteiger partial charge in [0, 0.05) is 35.2 Å². The van der Waals surface area contributed by atoms with Crippen molar-refractivity contribution in [3.8, 4) is 0 Å². The Balaban J connectivity index is 2.03. The van der Waals surface area contributed by atoms with Gasteiger partial charge in [0.05, 0.1) is 0 Å². The van der Waals surface area contributed by atoms with E-state index in [2.05, 4.69) is 46.4 Å². The molecule has 0 bridgehead atoms. The summed E-state index contributed by atoms with van der Waals surface area (Å²) in [5.74, 6) is 0. The molecule has 0 aliphatic rings. The summed E-state index contributed by atoms with van der Waals surface area (Å²) in [7, 11) is 1.98. The van der Waals surface area contributed by atoms with E-state index in [0.717, 1.165) is 18.1 Å². The minimum atomic E-state index is 0.786. The van der Waals surface area contributed by atoms with Crippen LogP contribution in [0.3, 0.4) is 0 Å². The Morgan fingerprint density at radius 3 is 2.75 bits per heavy atom. The van der Waals surface area contributed by atoms with E-state index in [9.17, 15) is 0 Å². The van der Waals surface area contributed by atoms with E-state index in [1.54, 1.807) is 0 Å². The Hall–Kier alpha value is -1.77. The standard InChI is InChI=1S/C17H17ClN2/c1-19-10-14-12-20(17-8-3-2-7-16(14)17)11-13-5-4-6-15(18)9-13/h2-9,12,19H,10-11H2,1H3. The van der Waals surface area contributed by atoms with E-state index in [4.69, 9.17) is 11.6 Å². The zero-order valence-electron chi connectivity index (χ0n) is 11.4. The van der Waals surface area contributed by atoms with Crippen LogP contribution in [0.2, 0.25) is 5.02 Å². The molecule has 1 N–H and O–H groups in total. The Labute approximate surface area is 124 Å². The van der Waals surface area contributed by atoms with Crippen molar-refractivity contribution in [2.45, 2.75) is 13.1 Å². The molecule has 0 amide bonds. The molecule has 1 heterocycles. The van der Waals surface area contributed by atoms with Crippen molar-refractivity contribution < 1.29 is 0 Å². The van der Waals surface area contributed by atoms with Crippen LogP contribution < -0.4 is 5.32 Å². The van der Waals surface area contributed by atoms with Crippen molar-refractivity contribution in [2.75, 3.05) is 7.05 Å². The first-order valence-electron chi connectivity index (χ1n) is 6.74. The van der Waals surface area contributed by atoms with E-state index >= 15 is 0 Å². The van der Waals surface area contributed by atoms with Crippen LogP contribution in [0.4, 0.5) is 0 Å². The van der Waals surface area contributed by atoms with E-state index in [-0.39, 0.29) is 0 Å². The van der Waals surface area contributed by atoms with Crippen LogP contribution in [0.1, 0.15) is 11.1 Å². The summed E-state index contributed by atoms with van der Waals surface area (Å²) < 4.78 is 2.29. The average Bonchev–Trinajstić information content (AvgIpc) is 2.78. The van der Waals surface area contributed by atoms with E-state index in [0.29, 0.717) is 0 Å². The minimum absolute atomic E-state index is 0.786. The number of benzene rings is 2. The molecule has 0 aliphatic carbocycles. The largest absolute Gasteiger partial charge is 0.343 e. The number of nitrogens with one attached hydrogen (secondary N) is 1. The normalized spacial score (nSPS) is 11.1. The molecule has 0 atom stereocenters. The molecule has 0 radical (unpaired) electrons. The lowest BCUT2D eigenvalue weighted by Crippen LogP contribution is -2.04. The van der Waals surface area contributed by atoms with Gasteiger partial charge in [-0.3, -0.25) is 0 Å². The SMILES string of the molecule is CNCc1cn(Cc2cccc(Cl)c2)c2ccccc12. The van der Waals surface area contributed by atoms with Gasteiger partial charge >= 0.3 is 0 Å². The highest BCUT2D eigenvalue weighted by atomic mass is 35.5. The molecule has 3 rings (SSSR count). The van der Waals surface area contributed by atoms with Gasteiger partial charge in [0.2, 0.25) is 0 Å². The van der Waals surface area contributed by atoms with Gasteiger partial charge in [-0.05, 0) is 36.4 Å². The van der Waals surface area contributed by atoms with E-state index in [1.807, 2.05) is 25.2 Å². The predicted molar refractivity (Wildman–Crippen MR) is 85.3 cm³/mol. The van der Waals surface area contributed by atoms with Gasteiger partial charge in [-0.15, -0.1) is 0 Å². The third kappa shape index (κ3) is 2.58. The van der Waals surface area contributed by atoms with Crippen molar-refractivity contribution in [3.05, 3.63) is 70.9 Å². The fourth-order valence-corrected chi connectivity index (χ4v) is 2.83. The molecule has 3 heteroatoms. The highest BCUT2D eigenvalue weighted by Gasteiger charge is 2.07. The van der Waals surface area contributed by atoms with Crippen LogP contribution in [-0.2, 0) is 13.1 Å². The molecule has 0 unspecified atom stereocenters. The number of para-hydroxylation sites is 1. The zero-order chi connectivity index (χ0) is 13.9. The van der Waals surface area contributed by atoms with Gasteiger partial charge in [-0.1, -0.05) is 41.9 Å². The van der Waals surface area contributed by atoms with Crippen LogP contribution in [0.5, 0.6) is 0 Å². The molecule has 0 spiro atoms. The molecular weight excluding hydrogens is 268 g/mol. The highest BCUT2D eigenvalue weighted by molar-refractivity contribution is 6.30. The summed E-state index contributed by atoms with van der Waals surface area (Å²) in [4.78, 5) is 0. The molecule has 0 saturated carbocycles. The number of aromatic nitrogens is 1. The summed E-state index contributed by atoms with van der Waals surface area (Å²) in [6.07, 6.45) is 2.22. The third-order valence-electron chi connectivity index (χ3n) is 3.48. The molecular formula is C17H17ClN2. The smallest absolute Gasteiger partial charge is 0.0486 e. The lowest BCUT2D eigenvalue weighted by molar-refractivity contribution is 0.795. The van der Waals surface area contributed by atoms with Gasteiger partial charge in [0.25, 0.3) is 0 Å². The summed E-state index contributed by atoms with van der Waals surface area (Å²) >= 11 is 6.06. The molecule has 20 heavy (non-hydrogen) atoms. The number of nitrogens with zero attached hydrogens (tertiary/aromatic N) is 1. The van der Waals surface area contributed by atoms with Crippen LogP contribution in [0.15, 0.2) is 54.7 Å². The minimum Gasteiger partial charge on any atom is -0.343 e. The molecule has 0 saturated heterocycles. The second kappa shape index (κ2) is 5.70. The zero-order valence-corrected chi connectivity index (χ0v) is 12.2. The maximum atomic E-state index is 6.06. The first-order valence-corrected chi connectivity index (χ1v) is 7.11. The van der Waals surface area contributed by atoms with Crippen molar-refractivity contribution in [2.24, 2.45) is 0 Å². The summed E-state index contributed by atoms with van der Waals surface area (Å²) in [5.41, 5.74) is 3.80. The molecule has 0 fully saturated rings. The van der Waals surface area contributed by atoms with Crippen LogP contribution in [0, 0.1) is 0 Å².